The normalized spacial score (nSPS) is 14.6. The number of benzene rings is 2. The molecule has 1 atom stereocenters. The van der Waals surface area contributed by atoms with Gasteiger partial charge in [-0.05, 0) is 36.2 Å². The van der Waals surface area contributed by atoms with Crippen LogP contribution in [0.1, 0.15) is 18.0 Å². The number of rotatable bonds is 6. The Kier molecular flexibility index (Phi) is 5.12. The van der Waals surface area contributed by atoms with E-state index in [1.54, 1.807) is 20.2 Å². The molecule has 1 aliphatic heterocycles. The van der Waals surface area contributed by atoms with Crippen molar-refractivity contribution in [2.75, 3.05) is 17.7 Å². The summed E-state index contributed by atoms with van der Waals surface area (Å²) in [5.41, 5.74) is 2.55. The maximum Gasteiger partial charge on any atom is 0.269 e. The van der Waals surface area contributed by atoms with E-state index >= 15 is 0 Å². The molecule has 10 heteroatoms. The summed E-state index contributed by atoms with van der Waals surface area (Å²) in [6, 6.07) is 10.7. The molecule has 10 nitrogen and oxygen atoms in total. The number of aryl methyl sites for hydroxylation is 1. The van der Waals surface area contributed by atoms with Gasteiger partial charge in [-0.15, -0.1) is 0 Å². The zero-order valence-corrected chi connectivity index (χ0v) is 16.8. The third kappa shape index (κ3) is 3.82. The van der Waals surface area contributed by atoms with Crippen molar-refractivity contribution in [1.29, 1.82) is 0 Å². The number of amides is 2. The van der Waals surface area contributed by atoms with Crippen LogP contribution in [0.3, 0.4) is 0 Å². The highest BCUT2D eigenvalue weighted by atomic mass is 16.6. The molecule has 1 aromatic heterocycles. The lowest BCUT2D eigenvalue weighted by molar-refractivity contribution is -0.384. The van der Waals surface area contributed by atoms with Crippen molar-refractivity contribution in [1.82, 2.24) is 9.78 Å². The lowest BCUT2D eigenvalue weighted by Crippen LogP contribution is -2.23. The van der Waals surface area contributed by atoms with Gasteiger partial charge in [-0.1, -0.05) is 12.1 Å². The molecule has 3 aromatic rings. The number of nitrogens with zero attached hydrogens (tertiary/aromatic N) is 3. The lowest BCUT2D eigenvalue weighted by atomic mass is 10.1. The van der Waals surface area contributed by atoms with Crippen LogP contribution in [-0.2, 0) is 9.59 Å². The van der Waals surface area contributed by atoms with Gasteiger partial charge in [0.15, 0.2) is 0 Å². The van der Waals surface area contributed by atoms with E-state index in [0.29, 0.717) is 22.8 Å². The molecule has 0 spiro atoms. The molecular formula is C21H19N5O5. The summed E-state index contributed by atoms with van der Waals surface area (Å²) in [6.45, 7) is 1.66. The zero-order valence-electron chi connectivity index (χ0n) is 16.8. The van der Waals surface area contributed by atoms with Gasteiger partial charge in [0.05, 0.1) is 24.7 Å². The molecule has 2 aromatic carbocycles. The Labute approximate surface area is 177 Å². The molecule has 1 unspecified atom stereocenters. The predicted octanol–water partition coefficient (Wildman–Crippen LogP) is 3.30. The van der Waals surface area contributed by atoms with Crippen molar-refractivity contribution in [3.63, 3.8) is 0 Å². The van der Waals surface area contributed by atoms with Crippen LogP contribution in [-0.4, -0.2) is 33.6 Å². The molecule has 0 aliphatic carbocycles. The van der Waals surface area contributed by atoms with Crippen molar-refractivity contribution in [2.45, 2.75) is 19.4 Å². The summed E-state index contributed by atoms with van der Waals surface area (Å²) in [5.74, 6) is 0.520. The van der Waals surface area contributed by atoms with Gasteiger partial charge in [-0.3, -0.25) is 19.7 Å². The number of nitro benzene ring substituents is 1. The van der Waals surface area contributed by atoms with Crippen molar-refractivity contribution in [3.8, 4) is 16.9 Å². The second kappa shape index (κ2) is 7.90. The molecule has 1 aliphatic rings. The van der Waals surface area contributed by atoms with E-state index in [9.17, 15) is 19.7 Å². The molecule has 158 valence electrons. The maximum atomic E-state index is 12.6. The maximum absolute atomic E-state index is 12.6. The molecule has 31 heavy (non-hydrogen) atoms. The Bertz CT molecular complexity index is 1190. The van der Waals surface area contributed by atoms with Crippen molar-refractivity contribution in [3.05, 3.63) is 64.3 Å². The number of nitro groups is 1. The highest BCUT2D eigenvalue weighted by molar-refractivity contribution is 6.04. The number of methoxy groups -OCH3 is 1. The number of ether oxygens (including phenoxy) is 1. The van der Waals surface area contributed by atoms with Crippen LogP contribution in [0.15, 0.2) is 48.7 Å². The first-order valence-corrected chi connectivity index (χ1v) is 9.45. The third-order valence-electron chi connectivity index (χ3n) is 5.11. The van der Waals surface area contributed by atoms with E-state index in [1.165, 1.54) is 22.9 Å². The first-order valence-electron chi connectivity index (χ1n) is 9.45. The average molecular weight is 421 g/mol. The van der Waals surface area contributed by atoms with Crippen LogP contribution in [0.5, 0.6) is 5.75 Å². The molecule has 0 fully saturated rings. The fourth-order valence-electron chi connectivity index (χ4n) is 3.47. The van der Waals surface area contributed by atoms with Crippen molar-refractivity contribution < 1.29 is 19.2 Å². The number of nitrogens with one attached hydrogen (secondary N) is 2. The summed E-state index contributed by atoms with van der Waals surface area (Å²) in [6.07, 6.45) is 1.51. The molecule has 0 radical (unpaired) electrons. The Morgan fingerprint density at radius 2 is 2.03 bits per heavy atom. The predicted molar refractivity (Wildman–Crippen MR) is 113 cm³/mol. The summed E-state index contributed by atoms with van der Waals surface area (Å²) in [4.78, 5) is 35.4. The molecule has 0 saturated carbocycles. The van der Waals surface area contributed by atoms with Crippen LogP contribution >= 0.6 is 0 Å². The smallest absolute Gasteiger partial charge is 0.269 e. The van der Waals surface area contributed by atoms with Gasteiger partial charge in [0, 0.05) is 23.4 Å². The first kappa shape index (κ1) is 20.1. The minimum absolute atomic E-state index is 0.0575. The van der Waals surface area contributed by atoms with Crippen LogP contribution in [0.2, 0.25) is 0 Å². The molecule has 4 rings (SSSR count). The van der Waals surface area contributed by atoms with Crippen LogP contribution in [0.4, 0.5) is 17.2 Å². The first-order chi connectivity index (χ1) is 14.9. The number of anilines is 2. The van der Waals surface area contributed by atoms with Gasteiger partial charge in [0.1, 0.15) is 17.6 Å². The average Bonchev–Trinajstić information content (AvgIpc) is 3.29. The zero-order chi connectivity index (χ0) is 22.1. The largest absolute Gasteiger partial charge is 0.497 e. The van der Waals surface area contributed by atoms with Crippen molar-refractivity contribution >= 4 is 29.0 Å². The fourth-order valence-corrected chi connectivity index (χ4v) is 3.47. The van der Waals surface area contributed by atoms with E-state index in [-0.39, 0.29) is 18.0 Å². The SMILES string of the molecule is COc1ccc(-c2cnn3c2NC(=O)C3CC(=O)Nc2ccc([N+](=O)[O-])cc2C)cc1. The van der Waals surface area contributed by atoms with Crippen molar-refractivity contribution in [2.24, 2.45) is 0 Å². The highest BCUT2D eigenvalue weighted by Crippen LogP contribution is 2.36. The van der Waals surface area contributed by atoms with Crippen LogP contribution < -0.4 is 15.4 Å². The molecular weight excluding hydrogens is 402 g/mol. The van der Waals surface area contributed by atoms with E-state index < -0.39 is 16.9 Å². The Morgan fingerprint density at radius 1 is 1.29 bits per heavy atom. The monoisotopic (exact) mass is 421 g/mol. The number of hydrogen-bond acceptors (Lipinski definition) is 6. The van der Waals surface area contributed by atoms with Crippen LogP contribution in [0.25, 0.3) is 11.1 Å². The molecule has 2 N–H and O–H groups in total. The topological polar surface area (TPSA) is 128 Å². The van der Waals surface area contributed by atoms with E-state index in [2.05, 4.69) is 15.7 Å². The quantitative estimate of drug-likeness (QED) is 0.464. The molecule has 2 heterocycles. The van der Waals surface area contributed by atoms with Crippen LogP contribution in [0, 0.1) is 17.0 Å². The Hall–Kier alpha value is -4.21. The molecule has 2 amide bonds. The van der Waals surface area contributed by atoms with Gasteiger partial charge in [0.2, 0.25) is 5.91 Å². The fraction of sp³-hybridized carbons (Fsp3) is 0.190. The number of carbonyl (C=O) groups excluding carboxylic acids is 2. The number of hydrogen-bond donors (Lipinski definition) is 2. The third-order valence-corrected chi connectivity index (χ3v) is 5.11. The van der Waals surface area contributed by atoms with Gasteiger partial charge < -0.3 is 15.4 Å². The summed E-state index contributed by atoms with van der Waals surface area (Å²) in [7, 11) is 1.58. The van der Waals surface area contributed by atoms with Gasteiger partial charge in [-0.25, -0.2) is 4.68 Å². The molecule has 0 bridgehead atoms. The number of fused-ring (bicyclic) bond motifs is 1. The summed E-state index contributed by atoms with van der Waals surface area (Å²) in [5, 5.41) is 20.7. The number of aromatic nitrogens is 2. The number of non-ortho nitro benzene ring substituents is 1. The lowest BCUT2D eigenvalue weighted by Gasteiger charge is -2.11. The second-order valence-electron chi connectivity index (χ2n) is 7.09. The van der Waals surface area contributed by atoms with E-state index in [0.717, 1.165) is 11.1 Å². The minimum atomic E-state index is -0.791. The van der Waals surface area contributed by atoms with E-state index in [4.69, 9.17) is 4.74 Å². The van der Waals surface area contributed by atoms with Gasteiger partial charge in [-0.2, -0.15) is 5.10 Å². The van der Waals surface area contributed by atoms with Gasteiger partial charge in [0.25, 0.3) is 11.6 Å². The van der Waals surface area contributed by atoms with E-state index in [1.807, 2.05) is 24.3 Å². The standard InChI is InChI=1S/C21H19N5O5/c1-12-9-14(26(29)30)5-8-17(12)23-19(27)10-18-21(28)24-20-16(11-22-25(18)20)13-3-6-15(31-2)7-4-13/h3-9,11,18H,10H2,1-2H3,(H,23,27)(H,24,28). The Balaban J connectivity index is 1.51. The Morgan fingerprint density at radius 3 is 2.68 bits per heavy atom. The molecule has 0 saturated heterocycles. The summed E-state index contributed by atoms with van der Waals surface area (Å²) < 4.78 is 6.67. The second-order valence-corrected chi connectivity index (χ2v) is 7.09. The highest BCUT2D eigenvalue weighted by Gasteiger charge is 2.35. The number of carbonyl (C=O) groups is 2. The minimum Gasteiger partial charge on any atom is -0.497 e. The van der Waals surface area contributed by atoms with Gasteiger partial charge >= 0.3 is 0 Å². The summed E-state index contributed by atoms with van der Waals surface area (Å²) >= 11 is 0.